The average Bonchev–Trinajstić information content (AvgIpc) is 3.24. The molecule has 11 heteroatoms. The van der Waals surface area contributed by atoms with Crippen molar-refractivity contribution in [3.8, 4) is 0 Å². The molecule has 3 unspecified atom stereocenters. The quantitative estimate of drug-likeness (QED) is 0.0234. The molecular weight excluding hydrogens is 780 g/mol. The molecule has 0 heterocycles. The number of aliphatic hydroxyl groups excluding tert-OH is 2. The summed E-state index contributed by atoms with van der Waals surface area (Å²) in [6, 6.07) is 0. The summed E-state index contributed by atoms with van der Waals surface area (Å²) < 4.78 is 32.8. The minimum Gasteiger partial charge on any atom is -0.462 e. The maximum absolute atomic E-state index is 12.7. The third-order valence-electron chi connectivity index (χ3n) is 10.5. The van der Waals surface area contributed by atoms with Crippen molar-refractivity contribution in [3.05, 3.63) is 36.5 Å². The lowest BCUT2D eigenvalue weighted by Crippen LogP contribution is -2.29. The Morgan fingerprint density at radius 3 is 1.30 bits per heavy atom. The first-order chi connectivity index (χ1) is 29.2. The Morgan fingerprint density at radius 1 is 0.500 bits per heavy atom. The standard InChI is InChI=1S/C49H91O10P/c1-3-5-7-9-11-13-15-17-19-20-21-22-23-24-25-26-27-29-31-33-35-37-39-41-49(53)59-47(45-58-60(54,55)57-43-46(51)42-50)44-56-48(52)40-38-36-34-32-30-28-18-16-14-12-10-8-6-4-2/h15-18,20-21,46-47,50-51H,3-14,19,22-45H2,1-2H3,(H,54,55)/b17-15-,18-16-,21-20-. The summed E-state index contributed by atoms with van der Waals surface area (Å²) in [4.78, 5) is 35.1. The van der Waals surface area contributed by atoms with Crippen molar-refractivity contribution in [1.82, 2.24) is 0 Å². The van der Waals surface area contributed by atoms with Crippen LogP contribution in [0.15, 0.2) is 36.5 Å². The van der Waals surface area contributed by atoms with Crippen molar-refractivity contribution in [2.24, 2.45) is 0 Å². The summed E-state index contributed by atoms with van der Waals surface area (Å²) in [5.41, 5.74) is 0. The molecule has 0 aromatic carbocycles. The second kappa shape index (κ2) is 45.2. The molecule has 60 heavy (non-hydrogen) atoms. The highest BCUT2D eigenvalue weighted by Gasteiger charge is 2.27. The van der Waals surface area contributed by atoms with Crippen molar-refractivity contribution in [2.45, 2.75) is 238 Å². The zero-order chi connectivity index (χ0) is 44.0. The number of hydrogen-bond acceptors (Lipinski definition) is 9. The molecule has 352 valence electrons. The first-order valence-electron chi connectivity index (χ1n) is 24.4. The smallest absolute Gasteiger partial charge is 0.462 e. The Hall–Kier alpha value is -1.81. The maximum atomic E-state index is 12.7. The van der Waals surface area contributed by atoms with Crippen LogP contribution in [0.3, 0.4) is 0 Å². The summed E-state index contributed by atoms with van der Waals surface area (Å²) in [5, 5.41) is 18.4. The van der Waals surface area contributed by atoms with Crippen molar-refractivity contribution >= 4 is 19.8 Å². The van der Waals surface area contributed by atoms with Gasteiger partial charge in [-0.1, -0.05) is 179 Å². The van der Waals surface area contributed by atoms with E-state index in [2.05, 4.69) is 50.3 Å². The summed E-state index contributed by atoms with van der Waals surface area (Å²) in [6.07, 6.45) is 48.2. The van der Waals surface area contributed by atoms with E-state index in [9.17, 15) is 24.2 Å². The van der Waals surface area contributed by atoms with Gasteiger partial charge in [-0.25, -0.2) is 4.57 Å². The number of phosphoric acid groups is 1. The third-order valence-corrected chi connectivity index (χ3v) is 11.5. The Kier molecular flexibility index (Phi) is 43.9. The largest absolute Gasteiger partial charge is 0.472 e. The maximum Gasteiger partial charge on any atom is 0.472 e. The number of unbranched alkanes of at least 4 members (excludes halogenated alkanes) is 26. The van der Waals surface area contributed by atoms with E-state index in [4.69, 9.17) is 23.6 Å². The van der Waals surface area contributed by atoms with Gasteiger partial charge in [-0.3, -0.25) is 18.6 Å². The van der Waals surface area contributed by atoms with Gasteiger partial charge in [-0.05, 0) is 70.6 Å². The van der Waals surface area contributed by atoms with Crippen LogP contribution in [0.2, 0.25) is 0 Å². The Bertz CT molecular complexity index is 1090. The SMILES string of the molecule is CCCCCCC/C=C\C/C=C\CCCCCCCCCCCCCC(=O)OC(COC(=O)CCCCCCC/C=C\CCCCCCC)COP(=O)(O)OCC(O)CO. The highest BCUT2D eigenvalue weighted by Crippen LogP contribution is 2.43. The predicted molar refractivity (Wildman–Crippen MR) is 247 cm³/mol. The molecule has 0 fully saturated rings. The van der Waals surface area contributed by atoms with E-state index in [0.29, 0.717) is 12.8 Å². The molecule has 0 rings (SSSR count). The van der Waals surface area contributed by atoms with Crippen LogP contribution in [0.25, 0.3) is 0 Å². The molecule has 0 aliphatic rings. The van der Waals surface area contributed by atoms with Crippen LogP contribution in [0, 0.1) is 0 Å². The number of ether oxygens (including phenoxy) is 2. The Morgan fingerprint density at radius 2 is 0.867 bits per heavy atom. The minimum absolute atomic E-state index is 0.181. The van der Waals surface area contributed by atoms with Crippen LogP contribution in [-0.2, 0) is 32.7 Å². The molecule has 0 saturated carbocycles. The molecule has 0 spiro atoms. The topological polar surface area (TPSA) is 149 Å². The molecule has 3 N–H and O–H groups in total. The fourth-order valence-electron chi connectivity index (χ4n) is 6.72. The highest BCUT2D eigenvalue weighted by molar-refractivity contribution is 7.47. The zero-order valence-corrected chi connectivity index (χ0v) is 39.3. The Labute approximate surface area is 367 Å². The molecule has 0 saturated heterocycles. The zero-order valence-electron chi connectivity index (χ0n) is 38.4. The minimum atomic E-state index is -4.62. The summed E-state index contributed by atoms with van der Waals surface area (Å²) >= 11 is 0. The van der Waals surface area contributed by atoms with Crippen LogP contribution < -0.4 is 0 Å². The summed E-state index contributed by atoms with van der Waals surface area (Å²) in [5.74, 6) is -0.931. The Balaban J connectivity index is 4.18. The molecule has 0 bridgehead atoms. The number of hydrogen-bond donors (Lipinski definition) is 3. The van der Waals surface area contributed by atoms with E-state index in [1.165, 1.54) is 122 Å². The van der Waals surface area contributed by atoms with E-state index >= 15 is 0 Å². The van der Waals surface area contributed by atoms with Gasteiger partial charge in [0.15, 0.2) is 6.10 Å². The summed E-state index contributed by atoms with van der Waals surface area (Å²) in [6.45, 7) is 2.37. The predicted octanol–water partition coefficient (Wildman–Crippen LogP) is 13.5. The van der Waals surface area contributed by atoms with Crippen LogP contribution in [-0.4, -0.2) is 65.7 Å². The van der Waals surface area contributed by atoms with Gasteiger partial charge in [0.1, 0.15) is 12.7 Å². The van der Waals surface area contributed by atoms with Crippen LogP contribution in [0.1, 0.15) is 226 Å². The van der Waals surface area contributed by atoms with Gasteiger partial charge in [-0.2, -0.15) is 0 Å². The van der Waals surface area contributed by atoms with Gasteiger partial charge in [0.25, 0.3) is 0 Å². The van der Waals surface area contributed by atoms with E-state index in [0.717, 1.165) is 64.2 Å². The van der Waals surface area contributed by atoms with E-state index < -0.39 is 51.8 Å². The van der Waals surface area contributed by atoms with E-state index in [1.54, 1.807) is 0 Å². The number of esters is 2. The van der Waals surface area contributed by atoms with Gasteiger partial charge in [0.2, 0.25) is 0 Å². The lowest BCUT2D eigenvalue weighted by Gasteiger charge is -2.20. The lowest BCUT2D eigenvalue weighted by atomic mass is 10.0. The molecule has 0 radical (unpaired) electrons. The molecule has 0 aliphatic carbocycles. The number of carbonyl (C=O) groups excluding carboxylic acids is 2. The van der Waals surface area contributed by atoms with Gasteiger partial charge < -0.3 is 24.6 Å². The van der Waals surface area contributed by atoms with Gasteiger partial charge in [-0.15, -0.1) is 0 Å². The number of rotatable bonds is 46. The van der Waals surface area contributed by atoms with Crippen molar-refractivity contribution in [1.29, 1.82) is 0 Å². The number of phosphoric ester groups is 1. The second-order valence-electron chi connectivity index (χ2n) is 16.5. The summed E-state index contributed by atoms with van der Waals surface area (Å²) in [7, 11) is -4.62. The van der Waals surface area contributed by atoms with E-state index in [1.807, 2.05) is 0 Å². The van der Waals surface area contributed by atoms with Crippen LogP contribution in [0.4, 0.5) is 0 Å². The monoisotopic (exact) mass is 871 g/mol. The molecular formula is C49H91O10P. The average molecular weight is 871 g/mol. The fraction of sp³-hybridized carbons (Fsp3) is 0.837. The fourth-order valence-corrected chi connectivity index (χ4v) is 7.51. The molecule has 0 amide bonds. The van der Waals surface area contributed by atoms with Gasteiger partial charge in [0, 0.05) is 12.8 Å². The van der Waals surface area contributed by atoms with Gasteiger partial charge in [0.05, 0.1) is 19.8 Å². The van der Waals surface area contributed by atoms with Crippen LogP contribution >= 0.6 is 7.82 Å². The van der Waals surface area contributed by atoms with Crippen LogP contribution in [0.5, 0.6) is 0 Å². The second-order valence-corrected chi connectivity index (χ2v) is 17.9. The van der Waals surface area contributed by atoms with E-state index in [-0.39, 0.29) is 19.4 Å². The highest BCUT2D eigenvalue weighted by atomic mass is 31.2. The molecule has 0 aliphatic heterocycles. The number of aliphatic hydroxyl groups is 2. The first kappa shape index (κ1) is 58.2. The normalized spacial score (nSPS) is 14.0. The number of allylic oxidation sites excluding steroid dienone is 6. The lowest BCUT2D eigenvalue weighted by molar-refractivity contribution is -0.161. The van der Waals surface area contributed by atoms with Gasteiger partial charge >= 0.3 is 19.8 Å². The third kappa shape index (κ3) is 44.3. The molecule has 10 nitrogen and oxygen atoms in total. The van der Waals surface area contributed by atoms with Crippen molar-refractivity contribution in [3.63, 3.8) is 0 Å². The van der Waals surface area contributed by atoms with Crippen molar-refractivity contribution < 1.29 is 47.8 Å². The molecule has 0 aromatic heterocycles. The molecule has 0 aromatic rings. The first-order valence-corrected chi connectivity index (χ1v) is 25.9. The van der Waals surface area contributed by atoms with Crippen molar-refractivity contribution in [2.75, 3.05) is 26.4 Å². The number of carbonyl (C=O) groups is 2. The molecule has 3 atom stereocenters.